The number of amides is 2. The van der Waals surface area contributed by atoms with Crippen molar-refractivity contribution in [3.05, 3.63) is 57.0 Å². The lowest BCUT2D eigenvalue weighted by atomic mass is 10.2. The van der Waals surface area contributed by atoms with E-state index in [1.165, 1.54) is 18.2 Å². The van der Waals surface area contributed by atoms with Crippen LogP contribution in [0.4, 0.5) is 24.5 Å². The van der Waals surface area contributed by atoms with Crippen molar-refractivity contribution in [3.63, 3.8) is 0 Å². The van der Waals surface area contributed by atoms with Crippen LogP contribution in [-0.2, 0) is 25.3 Å². The molecule has 2 aromatic rings. The third-order valence-corrected chi connectivity index (χ3v) is 4.81. The molecule has 2 aromatic carbocycles. The average molecular weight is 512 g/mol. The monoisotopic (exact) mass is 510 g/mol. The summed E-state index contributed by atoms with van der Waals surface area (Å²) in [5, 5.41) is 5.26. The molecule has 0 atom stereocenters. The van der Waals surface area contributed by atoms with Gasteiger partial charge in [0.15, 0.2) is 6.61 Å². The second-order valence-corrected chi connectivity index (χ2v) is 7.68. The van der Waals surface area contributed by atoms with Crippen molar-refractivity contribution >= 4 is 64.0 Å². The minimum Gasteiger partial charge on any atom is -0.456 e. The largest absolute Gasteiger partial charge is 0.456 e. The summed E-state index contributed by atoms with van der Waals surface area (Å²) in [6.45, 7) is -0.576. The maximum Gasteiger partial charge on any atom is 0.416 e. The average Bonchev–Trinajstić information content (AvgIpc) is 2.70. The molecule has 0 saturated heterocycles. The molecule has 0 heterocycles. The molecule has 0 radical (unpaired) electrons. The van der Waals surface area contributed by atoms with Gasteiger partial charge in [0.2, 0.25) is 5.91 Å². The Labute approximate surface area is 196 Å². The van der Waals surface area contributed by atoms with E-state index >= 15 is 0 Å². The van der Waals surface area contributed by atoms with Gasteiger partial charge in [-0.25, -0.2) is 0 Å². The van der Waals surface area contributed by atoms with Crippen molar-refractivity contribution in [3.8, 4) is 0 Å². The molecule has 2 amide bonds. The van der Waals surface area contributed by atoms with Crippen LogP contribution in [-0.4, -0.2) is 24.4 Å². The molecule has 0 aliphatic carbocycles. The topological polar surface area (TPSA) is 84.5 Å². The van der Waals surface area contributed by atoms with Crippen molar-refractivity contribution in [2.24, 2.45) is 0 Å². The van der Waals surface area contributed by atoms with Crippen LogP contribution in [0.25, 0.3) is 0 Å². The zero-order valence-corrected chi connectivity index (χ0v) is 18.5. The van der Waals surface area contributed by atoms with E-state index in [0.717, 1.165) is 18.2 Å². The molecule has 12 heteroatoms. The fourth-order valence-corrected chi connectivity index (χ4v) is 2.90. The van der Waals surface area contributed by atoms with Gasteiger partial charge in [0.05, 0.1) is 27.0 Å². The second-order valence-electron chi connectivity index (χ2n) is 6.43. The van der Waals surface area contributed by atoms with Gasteiger partial charge in [0.1, 0.15) is 0 Å². The predicted molar refractivity (Wildman–Crippen MR) is 115 cm³/mol. The van der Waals surface area contributed by atoms with Gasteiger partial charge in [0, 0.05) is 17.9 Å². The number of nitrogens with one attached hydrogen (secondary N) is 2. The lowest BCUT2D eigenvalue weighted by Crippen LogP contribution is -2.21. The van der Waals surface area contributed by atoms with E-state index in [-0.39, 0.29) is 40.7 Å². The van der Waals surface area contributed by atoms with Crippen LogP contribution >= 0.6 is 34.8 Å². The number of alkyl halides is 3. The lowest BCUT2D eigenvalue weighted by Gasteiger charge is -2.11. The number of rotatable bonds is 8. The maximum absolute atomic E-state index is 12.8. The van der Waals surface area contributed by atoms with Crippen LogP contribution in [0, 0.1) is 0 Å². The Morgan fingerprint density at radius 3 is 2.09 bits per heavy atom. The molecule has 2 N–H and O–H groups in total. The van der Waals surface area contributed by atoms with Crippen LogP contribution < -0.4 is 10.6 Å². The smallest absolute Gasteiger partial charge is 0.416 e. The van der Waals surface area contributed by atoms with E-state index in [1.54, 1.807) is 0 Å². The summed E-state index contributed by atoms with van der Waals surface area (Å²) >= 11 is 17.5. The highest BCUT2D eigenvalue weighted by Gasteiger charge is 2.31. The van der Waals surface area contributed by atoms with Crippen molar-refractivity contribution in [2.75, 3.05) is 17.2 Å². The maximum atomic E-state index is 12.8. The molecule has 0 unspecified atom stereocenters. The fraction of sp³-hybridized carbons (Fsp3) is 0.250. The third kappa shape index (κ3) is 8.22. The van der Waals surface area contributed by atoms with E-state index < -0.39 is 36.1 Å². The molecule has 0 aromatic heterocycles. The number of esters is 1. The van der Waals surface area contributed by atoms with Crippen LogP contribution in [0.15, 0.2) is 36.4 Å². The molecule has 32 heavy (non-hydrogen) atoms. The van der Waals surface area contributed by atoms with Crippen molar-refractivity contribution in [1.29, 1.82) is 0 Å². The minimum absolute atomic E-state index is 0.0446. The van der Waals surface area contributed by atoms with E-state index in [0.29, 0.717) is 5.02 Å². The Bertz CT molecular complexity index is 1020. The van der Waals surface area contributed by atoms with Gasteiger partial charge < -0.3 is 15.4 Å². The SMILES string of the molecule is O=C(CCCC(=O)OCC(=O)Nc1cc(Cl)ccc1Cl)Nc1cc(C(F)(F)F)ccc1Cl. The Kier molecular flexibility index (Phi) is 9.18. The first kappa shape index (κ1) is 25.8. The van der Waals surface area contributed by atoms with E-state index in [1.807, 2.05) is 0 Å². The Morgan fingerprint density at radius 1 is 0.844 bits per heavy atom. The van der Waals surface area contributed by atoms with E-state index in [2.05, 4.69) is 10.6 Å². The van der Waals surface area contributed by atoms with Gasteiger partial charge in [0.25, 0.3) is 5.91 Å². The normalized spacial score (nSPS) is 11.1. The number of halogens is 6. The number of carbonyl (C=O) groups is 3. The highest BCUT2D eigenvalue weighted by atomic mass is 35.5. The number of hydrogen-bond acceptors (Lipinski definition) is 4. The number of benzene rings is 2. The molecule has 0 aliphatic heterocycles. The molecule has 172 valence electrons. The molecule has 0 aliphatic rings. The Hall–Kier alpha value is -2.49. The van der Waals surface area contributed by atoms with Crippen molar-refractivity contribution in [1.82, 2.24) is 0 Å². The van der Waals surface area contributed by atoms with Crippen LogP contribution in [0.3, 0.4) is 0 Å². The van der Waals surface area contributed by atoms with Gasteiger partial charge in [-0.1, -0.05) is 34.8 Å². The van der Waals surface area contributed by atoms with Gasteiger partial charge in [-0.15, -0.1) is 0 Å². The van der Waals surface area contributed by atoms with Gasteiger partial charge in [-0.2, -0.15) is 13.2 Å². The second kappa shape index (κ2) is 11.4. The lowest BCUT2D eigenvalue weighted by molar-refractivity contribution is -0.147. The Balaban J connectivity index is 1.74. The Morgan fingerprint density at radius 2 is 1.44 bits per heavy atom. The first-order valence-corrected chi connectivity index (χ1v) is 10.2. The summed E-state index contributed by atoms with van der Waals surface area (Å²) in [6.07, 6.45) is -4.90. The third-order valence-electron chi connectivity index (χ3n) is 3.92. The summed E-state index contributed by atoms with van der Waals surface area (Å²) in [7, 11) is 0. The molecule has 0 fully saturated rings. The molecule has 2 rings (SSSR count). The molecule has 0 saturated carbocycles. The number of carbonyl (C=O) groups excluding carboxylic acids is 3. The number of anilines is 2. The molecule has 6 nitrogen and oxygen atoms in total. The van der Waals surface area contributed by atoms with E-state index in [4.69, 9.17) is 39.5 Å². The fourth-order valence-electron chi connectivity index (χ4n) is 2.40. The quantitative estimate of drug-likeness (QED) is 0.429. The summed E-state index contributed by atoms with van der Waals surface area (Å²) < 4.78 is 43.1. The van der Waals surface area contributed by atoms with E-state index in [9.17, 15) is 27.6 Å². The van der Waals surface area contributed by atoms with Crippen molar-refractivity contribution in [2.45, 2.75) is 25.4 Å². The highest BCUT2D eigenvalue weighted by molar-refractivity contribution is 6.35. The van der Waals surface area contributed by atoms with Crippen molar-refractivity contribution < 1.29 is 32.3 Å². The summed E-state index contributed by atoms with van der Waals surface area (Å²) in [5.41, 5.74) is -0.895. The number of hydrogen-bond donors (Lipinski definition) is 2. The van der Waals surface area contributed by atoms with Gasteiger partial charge in [-0.05, 0) is 42.8 Å². The first-order chi connectivity index (χ1) is 15.0. The summed E-state index contributed by atoms with van der Waals surface area (Å²) in [6, 6.07) is 7.00. The highest BCUT2D eigenvalue weighted by Crippen LogP contribution is 2.34. The summed E-state index contributed by atoms with van der Waals surface area (Å²) in [4.78, 5) is 35.5. The molecule has 0 spiro atoms. The first-order valence-electron chi connectivity index (χ1n) is 9.03. The molecular formula is C20H16Cl3F3N2O4. The standard InChI is InChI=1S/C20H16Cl3F3N2O4/c21-12-5-7-14(23)16(9-12)28-18(30)10-32-19(31)3-1-2-17(29)27-15-8-11(20(24,25)26)4-6-13(15)22/h4-9H,1-3,10H2,(H,27,29)(H,28,30). The predicted octanol–water partition coefficient (Wildman–Crippen LogP) is 5.96. The van der Waals surface area contributed by atoms with Crippen LogP contribution in [0.2, 0.25) is 15.1 Å². The van der Waals surface area contributed by atoms with Gasteiger partial charge >= 0.3 is 12.1 Å². The van der Waals surface area contributed by atoms with Crippen LogP contribution in [0.5, 0.6) is 0 Å². The zero-order chi connectivity index (χ0) is 23.9. The minimum atomic E-state index is -4.59. The summed E-state index contributed by atoms with van der Waals surface area (Å²) in [5.74, 6) is -2.01. The molecular weight excluding hydrogens is 496 g/mol. The zero-order valence-electron chi connectivity index (χ0n) is 16.2. The number of ether oxygens (including phenoxy) is 1. The van der Waals surface area contributed by atoms with Crippen LogP contribution in [0.1, 0.15) is 24.8 Å². The van der Waals surface area contributed by atoms with Gasteiger partial charge in [-0.3, -0.25) is 14.4 Å². The molecule has 0 bridgehead atoms.